The van der Waals surface area contributed by atoms with E-state index >= 15 is 0 Å². The Hall–Kier alpha value is -3.27. The van der Waals surface area contributed by atoms with Crippen LogP contribution in [0.4, 0.5) is 32.2 Å². The Morgan fingerprint density at radius 3 is 2.40 bits per heavy atom. The van der Waals surface area contributed by atoms with Crippen LogP contribution in [0.5, 0.6) is 5.75 Å². The van der Waals surface area contributed by atoms with Crippen LogP contribution in [0.2, 0.25) is 0 Å². The third-order valence-electron chi connectivity index (χ3n) is 7.35. The van der Waals surface area contributed by atoms with Crippen molar-refractivity contribution in [2.45, 2.75) is 59.8 Å². The predicted octanol–water partition coefficient (Wildman–Crippen LogP) is 12.4. The third-order valence-corrected chi connectivity index (χ3v) is 9.96. The molecule has 0 saturated carbocycles. The van der Waals surface area contributed by atoms with Crippen LogP contribution in [0.25, 0.3) is 10.2 Å². The minimum atomic E-state index is 0.596. The van der Waals surface area contributed by atoms with Gasteiger partial charge in [0.15, 0.2) is 0 Å². The molecule has 3 aromatic heterocycles. The van der Waals surface area contributed by atoms with E-state index < -0.39 is 0 Å². The lowest BCUT2D eigenvalue weighted by Crippen LogP contribution is -2.11. The molecule has 0 amide bonds. The predicted molar refractivity (Wildman–Crippen MR) is 187 cm³/mol. The second kappa shape index (κ2) is 15.5. The van der Waals surface area contributed by atoms with Gasteiger partial charge in [-0.1, -0.05) is 58.3 Å². The van der Waals surface area contributed by atoms with Crippen molar-refractivity contribution in [1.82, 2.24) is 4.98 Å². The van der Waals surface area contributed by atoms with Gasteiger partial charge in [0.05, 0.1) is 22.5 Å². The number of unbranched alkanes of at least 4 members (excludes halogenated alkanes) is 1. The SMILES string of the molecule is CCCCC(CC)COc1ccc2nc(N=Nc3ccc(N(c4cccs4)c4cccs4)cc3NCCC(C)C)sc2c1. The van der Waals surface area contributed by atoms with Crippen molar-refractivity contribution in [1.29, 1.82) is 0 Å². The zero-order valence-corrected chi connectivity index (χ0v) is 27.9. The number of hydrogen-bond donors (Lipinski definition) is 1. The highest BCUT2D eigenvalue weighted by Gasteiger charge is 2.16. The van der Waals surface area contributed by atoms with Crippen LogP contribution in [0.1, 0.15) is 59.8 Å². The van der Waals surface area contributed by atoms with Crippen LogP contribution in [0.3, 0.4) is 0 Å². The Morgan fingerprint density at radius 2 is 1.72 bits per heavy atom. The monoisotopic (exact) mass is 631 g/mol. The second-order valence-electron chi connectivity index (χ2n) is 11.1. The Morgan fingerprint density at radius 1 is 0.930 bits per heavy atom. The highest BCUT2D eigenvalue weighted by atomic mass is 32.1. The molecule has 9 heteroatoms. The Kier molecular flexibility index (Phi) is 11.2. The Bertz CT molecular complexity index is 1540. The second-order valence-corrected chi connectivity index (χ2v) is 14.0. The first-order valence-corrected chi connectivity index (χ1v) is 17.8. The van der Waals surface area contributed by atoms with E-state index in [1.165, 1.54) is 40.6 Å². The van der Waals surface area contributed by atoms with Gasteiger partial charge in [-0.3, -0.25) is 4.90 Å². The molecule has 3 heterocycles. The molecule has 0 aliphatic rings. The number of rotatable bonds is 16. The summed E-state index contributed by atoms with van der Waals surface area (Å²) in [6, 6.07) is 20.9. The number of azo groups is 1. The van der Waals surface area contributed by atoms with E-state index in [0.29, 0.717) is 17.0 Å². The average molecular weight is 632 g/mol. The van der Waals surface area contributed by atoms with Crippen LogP contribution in [-0.2, 0) is 0 Å². The van der Waals surface area contributed by atoms with Crippen molar-refractivity contribution >= 4 is 76.4 Å². The van der Waals surface area contributed by atoms with Gasteiger partial charge in [-0.05, 0) is 96.1 Å². The van der Waals surface area contributed by atoms with Gasteiger partial charge in [0.1, 0.15) is 21.4 Å². The number of anilines is 4. The fourth-order valence-corrected chi connectivity index (χ4v) is 7.18. The summed E-state index contributed by atoms with van der Waals surface area (Å²) in [6.45, 7) is 10.6. The van der Waals surface area contributed by atoms with Crippen molar-refractivity contribution in [3.8, 4) is 5.75 Å². The summed E-state index contributed by atoms with van der Waals surface area (Å²) in [4.78, 5) is 7.02. The molecule has 0 aliphatic heterocycles. The summed E-state index contributed by atoms with van der Waals surface area (Å²) < 4.78 is 7.23. The van der Waals surface area contributed by atoms with Crippen molar-refractivity contribution in [2.24, 2.45) is 22.1 Å². The number of aromatic nitrogens is 1. The quantitative estimate of drug-likeness (QED) is 0.110. The molecule has 2 aromatic carbocycles. The molecule has 0 fully saturated rings. The first kappa shape index (κ1) is 31.2. The largest absolute Gasteiger partial charge is 0.493 e. The zero-order valence-electron chi connectivity index (χ0n) is 25.5. The Balaban J connectivity index is 1.37. The summed E-state index contributed by atoms with van der Waals surface area (Å²) in [6.07, 6.45) is 5.91. The summed E-state index contributed by atoms with van der Waals surface area (Å²) >= 11 is 5.00. The topological polar surface area (TPSA) is 62.1 Å². The maximum atomic E-state index is 6.17. The number of thiophene rings is 2. The van der Waals surface area contributed by atoms with Crippen molar-refractivity contribution in [2.75, 3.05) is 23.4 Å². The van der Waals surface area contributed by atoms with Crippen LogP contribution in [-0.4, -0.2) is 18.1 Å². The number of thiazole rings is 1. The standard InChI is InChI=1S/C34H41N5OS3/c1-5-7-10-25(6-2)23-40-27-14-16-29-31(22-27)43-34(36-29)38-37-28-15-13-26(21-30(28)35-18-17-24(3)4)39(32-11-8-19-41-32)33-12-9-20-42-33/h8-9,11-16,19-22,24-25,35H,5-7,10,17-18,23H2,1-4H3. The maximum absolute atomic E-state index is 6.17. The highest BCUT2D eigenvalue weighted by Crippen LogP contribution is 2.42. The molecule has 1 N–H and O–H groups in total. The smallest absolute Gasteiger partial charge is 0.231 e. The fourth-order valence-electron chi connectivity index (χ4n) is 4.78. The summed E-state index contributed by atoms with van der Waals surface area (Å²) in [5, 5.41) is 20.1. The molecule has 43 heavy (non-hydrogen) atoms. The normalized spacial score (nSPS) is 12.4. The number of ether oxygens (including phenoxy) is 1. The lowest BCUT2D eigenvalue weighted by atomic mass is 10.0. The van der Waals surface area contributed by atoms with E-state index in [0.717, 1.165) is 59.0 Å². The van der Waals surface area contributed by atoms with Gasteiger partial charge in [-0.2, -0.15) is 0 Å². The molecule has 0 radical (unpaired) electrons. The lowest BCUT2D eigenvalue weighted by Gasteiger charge is -2.23. The van der Waals surface area contributed by atoms with Crippen LogP contribution < -0.4 is 15.0 Å². The molecule has 0 aliphatic carbocycles. The van der Waals surface area contributed by atoms with Crippen molar-refractivity contribution in [3.63, 3.8) is 0 Å². The minimum absolute atomic E-state index is 0.596. The Labute approximate surface area is 267 Å². The zero-order chi connectivity index (χ0) is 30.0. The molecule has 1 unspecified atom stereocenters. The molecular weight excluding hydrogens is 591 g/mol. The minimum Gasteiger partial charge on any atom is -0.493 e. The van der Waals surface area contributed by atoms with Gasteiger partial charge in [0.2, 0.25) is 5.13 Å². The molecule has 6 nitrogen and oxygen atoms in total. The van der Waals surface area contributed by atoms with Gasteiger partial charge < -0.3 is 10.1 Å². The van der Waals surface area contributed by atoms with E-state index in [2.05, 4.69) is 101 Å². The highest BCUT2D eigenvalue weighted by molar-refractivity contribution is 7.22. The number of nitrogens with one attached hydrogen (secondary N) is 1. The fraction of sp³-hybridized carbons (Fsp3) is 0.382. The van der Waals surface area contributed by atoms with E-state index in [1.807, 2.05) is 18.2 Å². The van der Waals surface area contributed by atoms with Crippen LogP contribution >= 0.6 is 34.0 Å². The van der Waals surface area contributed by atoms with Crippen molar-refractivity contribution < 1.29 is 4.74 Å². The van der Waals surface area contributed by atoms with Gasteiger partial charge in [-0.25, -0.2) is 4.98 Å². The average Bonchev–Trinajstić information content (AvgIpc) is 3.80. The summed E-state index contributed by atoms with van der Waals surface area (Å²) in [7, 11) is 0. The first-order chi connectivity index (χ1) is 21.0. The summed E-state index contributed by atoms with van der Waals surface area (Å²) in [5.41, 5.74) is 3.76. The molecule has 1 atom stereocenters. The molecule has 0 bridgehead atoms. The van der Waals surface area contributed by atoms with E-state index in [-0.39, 0.29) is 0 Å². The first-order valence-electron chi connectivity index (χ1n) is 15.2. The molecule has 226 valence electrons. The maximum Gasteiger partial charge on any atom is 0.231 e. The molecule has 0 saturated heterocycles. The molecule has 5 aromatic rings. The number of benzene rings is 2. The van der Waals surface area contributed by atoms with Gasteiger partial charge in [0.25, 0.3) is 0 Å². The molecule has 5 rings (SSSR count). The lowest BCUT2D eigenvalue weighted by molar-refractivity contribution is 0.233. The summed E-state index contributed by atoms with van der Waals surface area (Å²) in [5.74, 6) is 2.09. The number of nitrogens with zero attached hydrogens (tertiary/aromatic N) is 4. The molecular formula is C34H41N5OS3. The van der Waals surface area contributed by atoms with Crippen LogP contribution in [0.15, 0.2) is 81.7 Å². The molecule has 0 spiro atoms. The van der Waals surface area contributed by atoms with Crippen molar-refractivity contribution in [3.05, 3.63) is 71.4 Å². The van der Waals surface area contributed by atoms with E-state index in [9.17, 15) is 0 Å². The van der Waals surface area contributed by atoms with E-state index in [1.54, 1.807) is 22.7 Å². The number of hydrogen-bond acceptors (Lipinski definition) is 9. The van der Waals surface area contributed by atoms with Gasteiger partial charge in [-0.15, -0.1) is 32.9 Å². The van der Waals surface area contributed by atoms with E-state index in [4.69, 9.17) is 9.72 Å². The van der Waals surface area contributed by atoms with Gasteiger partial charge in [0, 0.05) is 12.2 Å². The third kappa shape index (κ3) is 8.43. The van der Waals surface area contributed by atoms with Gasteiger partial charge >= 0.3 is 0 Å². The van der Waals surface area contributed by atoms with Crippen LogP contribution in [0, 0.1) is 11.8 Å². The number of fused-ring (bicyclic) bond motifs is 1.